The zero-order valence-electron chi connectivity index (χ0n) is 11.8. The van der Waals surface area contributed by atoms with Crippen LogP contribution in [0.15, 0.2) is 0 Å². The van der Waals surface area contributed by atoms with Crippen LogP contribution in [0.1, 0.15) is 34.1 Å². The van der Waals surface area contributed by atoms with Gasteiger partial charge in [0.05, 0.1) is 11.7 Å². The van der Waals surface area contributed by atoms with Crippen LogP contribution in [0.2, 0.25) is 0 Å². The van der Waals surface area contributed by atoms with Crippen LogP contribution in [0.5, 0.6) is 0 Å². The van der Waals surface area contributed by atoms with Crippen LogP contribution in [-0.2, 0) is 14.6 Å². The Labute approximate surface area is 110 Å². The lowest BCUT2D eigenvalue weighted by Crippen LogP contribution is -2.39. The third-order valence-electron chi connectivity index (χ3n) is 2.67. The number of nitrogens with one attached hydrogen (secondary N) is 1. The van der Waals surface area contributed by atoms with Gasteiger partial charge in [-0.2, -0.15) is 0 Å². The summed E-state index contributed by atoms with van der Waals surface area (Å²) in [6, 6.07) is 0. The first-order valence-electron chi connectivity index (χ1n) is 6.29. The van der Waals surface area contributed by atoms with Crippen molar-refractivity contribution in [1.29, 1.82) is 0 Å². The fraction of sp³-hybridized carbons (Fsp3) is 0.917. The van der Waals surface area contributed by atoms with Gasteiger partial charge in [0.1, 0.15) is 0 Å². The maximum absolute atomic E-state index is 11.8. The summed E-state index contributed by atoms with van der Waals surface area (Å²) < 4.78 is 22.5. The smallest absolute Gasteiger partial charge is 0.224 e. The van der Waals surface area contributed by atoms with Gasteiger partial charge in [0.2, 0.25) is 5.91 Å². The lowest BCUT2D eigenvalue weighted by Gasteiger charge is -2.24. The first kappa shape index (κ1) is 17.4. The molecule has 0 heterocycles. The van der Waals surface area contributed by atoms with E-state index in [-0.39, 0.29) is 41.8 Å². The Kier molecular flexibility index (Phi) is 6.84. The van der Waals surface area contributed by atoms with E-state index < -0.39 is 9.84 Å². The summed E-state index contributed by atoms with van der Waals surface area (Å²) in [4.78, 5) is 11.8. The highest BCUT2D eigenvalue weighted by Crippen LogP contribution is 2.23. The number of sulfone groups is 1. The molecule has 0 spiro atoms. The molecule has 0 bridgehead atoms. The Morgan fingerprint density at radius 3 is 2.28 bits per heavy atom. The van der Waals surface area contributed by atoms with Crippen molar-refractivity contribution in [3.8, 4) is 0 Å². The summed E-state index contributed by atoms with van der Waals surface area (Å²) in [6.45, 7) is 8.18. The van der Waals surface area contributed by atoms with E-state index in [1.807, 2.05) is 20.8 Å². The third-order valence-corrected chi connectivity index (χ3v) is 4.37. The Balaban J connectivity index is 4.22. The molecule has 1 unspecified atom stereocenters. The minimum atomic E-state index is -3.03. The van der Waals surface area contributed by atoms with Gasteiger partial charge in [-0.1, -0.05) is 27.7 Å². The lowest BCUT2D eigenvalue weighted by molar-refractivity contribution is -0.125. The van der Waals surface area contributed by atoms with Crippen LogP contribution in [0, 0.1) is 11.3 Å². The number of hydrogen-bond donors (Lipinski definition) is 2. The third kappa shape index (κ3) is 7.66. The summed E-state index contributed by atoms with van der Waals surface area (Å²) in [5, 5.41) is 2.65. The summed E-state index contributed by atoms with van der Waals surface area (Å²) >= 11 is 0. The number of carbonyl (C=O) groups is 1. The van der Waals surface area contributed by atoms with Crippen molar-refractivity contribution in [1.82, 2.24) is 5.32 Å². The van der Waals surface area contributed by atoms with E-state index >= 15 is 0 Å². The van der Waals surface area contributed by atoms with Crippen molar-refractivity contribution in [2.24, 2.45) is 17.1 Å². The number of nitrogens with two attached hydrogens (primary N) is 1. The predicted octanol–water partition coefficient (Wildman–Crippen LogP) is 0.548. The minimum absolute atomic E-state index is 0.0119. The summed E-state index contributed by atoms with van der Waals surface area (Å²) in [6.07, 6.45) is 0.690. The lowest BCUT2D eigenvalue weighted by atomic mass is 9.84. The molecule has 1 atom stereocenters. The van der Waals surface area contributed by atoms with Crippen LogP contribution in [0.4, 0.5) is 0 Å². The molecular formula is C12H26N2O3S. The Morgan fingerprint density at radius 1 is 1.33 bits per heavy atom. The number of amides is 1. The van der Waals surface area contributed by atoms with E-state index in [1.54, 1.807) is 6.92 Å². The van der Waals surface area contributed by atoms with Crippen LogP contribution >= 0.6 is 0 Å². The first-order valence-corrected chi connectivity index (χ1v) is 8.11. The average molecular weight is 278 g/mol. The van der Waals surface area contributed by atoms with Crippen molar-refractivity contribution in [2.45, 2.75) is 34.1 Å². The van der Waals surface area contributed by atoms with Crippen molar-refractivity contribution >= 4 is 15.7 Å². The molecule has 3 N–H and O–H groups in total. The molecule has 18 heavy (non-hydrogen) atoms. The highest BCUT2D eigenvalue weighted by Gasteiger charge is 2.23. The molecule has 0 saturated heterocycles. The maximum atomic E-state index is 11.8. The summed E-state index contributed by atoms with van der Waals surface area (Å²) in [7, 11) is -3.03. The second-order valence-electron chi connectivity index (χ2n) is 5.72. The van der Waals surface area contributed by atoms with Gasteiger partial charge in [-0.3, -0.25) is 4.79 Å². The van der Waals surface area contributed by atoms with Crippen LogP contribution < -0.4 is 11.1 Å². The van der Waals surface area contributed by atoms with Gasteiger partial charge in [-0.15, -0.1) is 0 Å². The molecule has 108 valence electrons. The molecule has 0 radical (unpaired) electrons. The highest BCUT2D eigenvalue weighted by molar-refractivity contribution is 7.91. The van der Waals surface area contributed by atoms with Crippen molar-refractivity contribution in [3.63, 3.8) is 0 Å². The Morgan fingerprint density at radius 2 is 1.89 bits per heavy atom. The van der Waals surface area contributed by atoms with Gasteiger partial charge in [0, 0.05) is 18.8 Å². The number of rotatable bonds is 7. The van der Waals surface area contributed by atoms with Crippen LogP contribution in [0.25, 0.3) is 0 Å². The second-order valence-corrected chi connectivity index (χ2v) is 8.20. The van der Waals surface area contributed by atoms with E-state index in [9.17, 15) is 13.2 Å². The van der Waals surface area contributed by atoms with Gasteiger partial charge in [0.25, 0.3) is 0 Å². The molecule has 0 aliphatic heterocycles. The fourth-order valence-corrected chi connectivity index (χ4v) is 2.34. The number of hydrogen-bond acceptors (Lipinski definition) is 4. The summed E-state index contributed by atoms with van der Waals surface area (Å²) in [5.41, 5.74) is 5.61. The molecule has 0 aliphatic carbocycles. The Bertz CT molecular complexity index is 358. The second kappa shape index (κ2) is 7.09. The van der Waals surface area contributed by atoms with E-state index in [2.05, 4.69) is 5.32 Å². The van der Waals surface area contributed by atoms with E-state index in [4.69, 9.17) is 5.73 Å². The van der Waals surface area contributed by atoms with Crippen LogP contribution in [-0.4, -0.2) is 38.9 Å². The van der Waals surface area contributed by atoms with Crippen molar-refractivity contribution in [2.75, 3.05) is 24.6 Å². The molecule has 0 fully saturated rings. The van der Waals surface area contributed by atoms with Gasteiger partial charge < -0.3 is 11.1 Å². The molecular weight excluding hydrogens is 252 g/mol. The minimum Gasteiger partial charge on any atom is -0.355 e. The van der Waals surface area contributed by atoms with E-state index in [1.165, 1.54) is 0 Å². The molecule has 1 amide bonds. The molecule has 0 aromatic heterocycles. The number of carbonyl (C=O) groups excluding carboxylic acids is 1. The topological polar surface area (TPSA) is 89.3 Å². The molecule has 6 heteroatoms. The maximum Gasteiger partial charge on any atom is 0.224 e. The quantitative estimate of drug-likeness (QED) is 0.711. The fourth-order valence-electron chi connectivity index (χ4n) is 1.64. The SMILES string of the molecule is CCS(=O)(=O)CCNC(=O)C(CN)CC(C)(C)C. The molecule has 0 rings (SSSR count). The van der Waals surface area contributed by atoms with E-state index in [0.29, 0.717) is 6.42 Å². The van der Waals surface area contributed by atoms with Gasteiger partial charge in [-0.05, 0) is 11.8 Å². The molecule has 0 aromatic carbocycles. The monoisotopic (exact) mass is 278 g/mol. The zero-order chi connectivity index (χ0) is 14.4. The van der Waals surface area contributed by atoms with E-state index in [0.717, 1.165) is 0 Å². The van der Waals surface area contributed by atoms with Crippen molar-refractivity contribution in [3.05, 3.63) is 0 Å². The van der Waals surface area contributed by atoms with Crippen LogP contribution in [0.3, 0.4) is 0 Å². The largest absolute Gasteiger partial charge is 0.355 e. The Hall–Kier alpha value is -0.620. The predicted molar refractivity (Wildman–Crippen MR) is 74.0 cm³/mol. The standard InChI is InChI=1S/C12H26N2O3S/c1-5-18(16,17)7-6-14-11(15)10(9-13)8-12(2,3)4/h10H,5-9,13H2,1-4H3,(H,14,15). The molecule has 0 aliphatic rings. The summed E-state index contributed by atoms with van der Waals surface area (Å²) in [5.74, 6) is -0.319. The highest BCUT2D eigenvalue weighted by atomic mass is 32.2. The molecule has 0 aromatic rings. The normalized spacial score (nSPS) is 14.3. The molecule has 5 nitrogen and oxygen atoms in total. The van der Waals surface area contributed by atoms with Gasteiger partial charge in [-0.25, -0.2) is 8.42 Å². The first-order chi connectivity index (χ1) is 8.11. The zero-order valence-corrected chi connectivity index (χ0v) is 12.6. The average Bonchev–Trinajstić information content (AvgIpc) is 2.24. The molecule has 0 saturated carbocycles. The van der Waals surface area contributed by atoms with Gasteiger partial charge >= 0.3 is 0 Å². The van der Waals surface area contributed by atoms with Gasteiger partial charge in [0.15, 0.2) is 9.84 Å². The van der Waals surface area contributed by atoms with Crippen molar-refractivity contribution < 1.29 is 13.2 Å².